The lowest BCUT2D eigenvalue weighted by Gasteiger charge is -2.36. The number of aliphatic hydroxyl groups excluding tert-OH is 1. The molecule has 1 aliphatic carbocycles. The molecule has 0 aliphatic heterocycles. The average Bonchev–Trinajstić information content (AvgIpc) is 2.26. The smallest absolute Gasteiger partial charge is 0.120 e. The molecule has 1 saturated carbocycles. The molecule has 2 rings (SSSR count). The Hall–Kier alpha value is -1.26. The van der Waals surface area contributed by atoms with Gasteiger partial charge in [0.05, 0.1) is 6.10 Å². The van der Waals surface area contributed by atoms with E-state index in [0.717, 1.165) is 0 Å². The van der Waals surface area contributed by atoms with Crippen LogP contribution in [0.4, 0.5) is 0 Å². The van der Waals surface area contributed by atoms with Crippen molar-refractivity contribution >= 4 is 0 Å². The molecular formula is C12H17NO3. The number of phenols is 2. The summed E-state index contributed by atoms with van der Waals surface area (Å²) in [5, 5.41) is 28.6. The van der Waals surface area contributed by atoms with Crippen LogP contribution < -0.4 is 5.73 Å². The van der Waals surface area contributed by atoms with E-state index in [1.165, 1.54) is 18.2 Å². The van der Waals surface area contributed by atoms with Crippen molar-refractivity contribution in [1.29, 1.82) is 0 Å². The van der Waals surface area contributed by atoms with E-state index >= 15 is 0 Å². The van der Waals surface area contributed by atoms with Crippen LogP contribution in [-0.4, -0.2) is 21.4 Å². The normalized spacial score (nSPS) is 30.2. The Morgan fingerprint density at radius 2 is 1.81 bits per heavy atom. The highest BCUT2D eigenvalue weighted by Gasteiger charge is 2.34. The first-order chi connectivity index (χ1) is 7.51. The molecule has 0 spiro atoms. The highest BCUT2D eigenvalue weighted by molar-refractivity contribution is 5.43. The fourth-order valence-corrected chi connectivity index (χ4v) is 2.31. The maximum absolute atomic E-state index is 9.76. The third kappa shape index (κ3) is 1.99. The van der Waals surface area contributed by atoms with Crippen LogP contribution in [0.5, 0.6) is 11.5 Å². The van der Waals surface area contributed by atoms with E-state index in [9.17, 15) is 15.3 Å². The topological polar surface area (TPSA) is 86.7 Å². The third-order valence-electron chi connectivity index (χ3n) is 3.36. The Morgan fingerprint density at radius 3 is 2.44 bits per heavy atom. The minimum Gasteiger partial charge on any atom is -0.508 e. The van der Waals surface area contributed by atoms with Crippen molar-refractivity contribution in [3.05, 3.63) is 23.8 Å². The number of aromatic hydroxyl groups is 2. The number of nitrogens with two attached hydrogens (primary N) is 1. The first-order valence-electron chi connectivity index (χ1n) is 5.51. The van der Waals surface area contributed by atoms with E-state index in [4.69, 9.17) is 5.73 Å². The zero-order valence-electron chi connectivity index (χ0n) is 9.06. The predicted molar refractivity (Wildman–Crippen MR) is 60.1 cm³/mol. The summed E-state index contributed by atoms with van der Waals surface area (Å²) in [6, 6.07) is 4.39. The molecule has 0 amide bonds. The van der Waals surface area contributed by atoms with Crippen LogP contribution in [0.2, 0.25) is 0 Å². The van der Waals surface area contributed by atoms with Crippen molar-refractivity contribution in [2.24, 2.45) is 5.73 Å². The molecule has 0 heterocycles. The Morgan fingerprint density at radius 1 is 1.19 bits per heavy atom. The summed E-state index contributed by atoms with van der Waals surface area (Å²) in [5.41, 5.74) is 6.16. The minimum atomic E-state index is -0.637. The monoisotopic (exact) mass is 223 g/mol. The van der Waals surface area contributed by atoms with E-state index in [1.54, 1.807) is 0 Å². The zero-order chi connectivity index (χ0) is 11.8. The van der Waals surface area contributed by atoms with Gasteiger partial charge in [-0.15, -0.1) is 0 Å². The summed E-state index contributed by atoms with van der Waals surface area (Å²) in [5.74, 6) is 0.209. The van der Waals surface area contributed by atoms with Crippen molar-refractivity contribution in [3.63, 3.8) is 0 Å². The van der Waals surface area contributed by atoms with Crippen LogP contribution in [0.3, 0.4) is 0 Å². The predicted octanol–water partition coefficient (Wildman–Crippen LogP) is 1.19. The van der Waals surface area contributed by atoms with Gasteiger partial charge in [0.25, 0.3) is 0 Å². The van der Waals surface area contributed by atoms with Crippen LogP contribution in [0.25, 0.3) is 0 Å². The van der Waals surface area contributed by atoms with E-state index in [1.807, 2.05) is 0 Å². The minimum absolute atomic E-state index is 0.101. The van der Waals surface area contributed by atoms with E-state index in [2.05, 4.69) is 0 Å². The Labute approximate surface area is 94.3 Å². The van der Waals surface area contributed by atoms with E-state index < -0.39 is 5.54 Å². The van der Waals surface area contributed by atoms with Crippen molar-refractivity contribution in [3.8, 4) is 11.5 Å². The molecule has 0 aromatic heterocycles. The van der Waals surface area contributed by atoms with Gasteiger partial charge in [-0.2, -0.15) is 0 Å². The van der Waals surface area contributed by atoms with Crippen LogP contribution in [0.1, 0.15) is 31.2 Å². The molecule has 1 aliphatic rings. The molecule has 0 saturated heterocycles. The lowest BCUT2D eigenvalue weighted by molar-refractivity contribution is 0.0960. The lowest BCUT2D eigenvalue weighted by Crippen LogP contribution is -2.41. The Kier molecular flexibility index (Phi) is 2.78. The summed E-state index contributed by atoms with van der Waals surface area (Å²) in [7, 11) is 0. The lowest BCUT2D eigenvalue weighted by atomic mass is 9.76. The molecule has 0 atom stereocenters. The van der Waals surface area contributed by atoms with Gasteiger partial charge in [0.1, 0.15) is 11.5 Å². The Balaban J connectivity index is 2.32. The second-order valence-electron chi connectivity index (χ2n) is 4.59. The molecule has 16 heavy (non-hydrogen) atoms. The second kappa shape index (κ2) is 3.96. The maximum atomic E-state index is 9.76. The van der Waals surface area contributed by atoms with Crippen LogP contribution in [0.15, 0.2) is 18.2 Å². The van der Waals surface area contributed by atoms with Gasteiger partial charge in [0, 0.05) is 11.1 Å². The van der Waals surface area contributed by atoms with Crippen LogP contribution in [0, 0.1) is 0 Å². The highest BCUT2D eigenvalue weighted by atomic mass is 16.3. The average molecular weight is 223 g/mol. The number of aliphatic hydroxyl groups is 1. The fourth-order valence-electron chi connectivity index (χ4n) is 2.31. The number of phenolic OH excluding ortho intramolecular Hbond substituents is 2. The van der Waals surface area contributed by atoms with Gasteiger partial charge < -0.3 is 21.1 Å². The SMILES string of the molecule is NC1(c2cc(O)ccc2O)CCC(O)CC1. The van der Waals surface area contributed by atoms with Gasteiger partial charge in [-0.3, -0.25) is 0 Å². The first kappa shape index (κ1) is 11.2. The summed E-state index contributed by atoms with van der Waals surface area (Å²) in [6.45, 7) is 0. The molecule has 0 bridgehead atoms. The van der Waals surface area contributed by atoms with Gasteiger partial charge in [0.15, 0.2) is 0 Å². The van der Waals surface area contributed by atoms with Crippen molar-refractivity contribution in [2.45, 2.75) is 37.3 Å². The molecule has 1 aromatic carbocycles. The summed E-state index contributed by atoms with van der Waals surface area (Å²) in [6.07, 6.45) is 2.20. The quantitative estimate of drug-likeness (QED) is 0.538. The standard InChI is InChI=1S/C12H17NO3/c13-12(5-3-8(14)4-6-12)10-7-9(15)1-2-11(10)16/h1-2,7-8,14-16H,3-6,13H2. The summed E-state index contributed by atoms with van der Waals surface area (Å²) in [4.78, 5) is 0. The number of rotatable bonds is 1. The van der Waals surface area contributed by atoms with Gasteiger partial charge >= 0.3 is 0 Å². The van der Waals surface area contributed by atoms with Crippen molar-refractivity contribution in [2.75, 3.05) is 0 Å². The first-order valence-corrected chi connectivity index (χ1v) is 5.51. The molecule has 4 heteroatoms. The molecule has 0 unspecified atom stereocenters. The number of hydrogen-bond acceptors (Lipinski definition) is 4. The molecule has 1 fully saturated rings. The summed E-state index contributed by atoms with van der Waals surface area (Å²) < 4.78 is 0. The van der Waals surface area contributed by atoms with Gasteiger partial charge in [-0.05, 0) is 43.9 Å². The highest BCUT2D eigenvalue weighted by Crippen LogP contribution is 2.40. The van der Waals surface area contributed by atoms with Gasteiger partial charge in [-0.1, -0.05) is 0 Å². The van der Waals surface area contributed by atoms with Crippen molar-refractivity contribution in [1.82, 2.24) is 0 Å². The molecule has 4 nitrogen and oxygen atoms in total. The Bertz CT molecular complexity index is 384. The van der Waals surface area contributed by atoms with Crippen LogP contribution >= 0.6 is 0 Å². The van der Waals surface area contributed by atoms with Gasteiger partial charge in [0.2, 0.25) is 0 Å². The fraction of sp³-hybridized carbons (Fsp3) is 0.500. The molecule has 88 valence electrons. The number of hydrogen-bond donors (Lipinski definition) is 4. The zero-order valence-corrected chi connectivity index (χ0v) is 9.06. The maximum Gasteiger partial charge on any atom is 0.120 e. The molecule has 5 N–H and O–H groups in total. The molecular weight excluding hydrogens is 206 g/mol. The number of benzene rings is 1. The largest absolute Gasteiger partial charge is 0.508 e. The third-order valence-corrected chi connectivity index (χ3v) is 3.36. The molecule has 1 aromatic rings. The van der Waals surface area contributed by atoms with Gasteiger partial charge in [-0.25, -0.2) is 0 Å². The van der Waals surface area contributed by atoms with Crippen LogP contribution in [-0.2, 0) is 5.54 Å². The van der Waals surface area contributed by atoms with E-state index in [-0.39, 0.29) is 17.6 Å². The summed E-state index contributed by atoms with van der Waals surface area (Å²) >= 11 is 0. The molecule has 0 radical (unpaired) electrons. The van der Waals surface area contributed by atoms with Crippen molar-refractivity contribution < 1.29 is 15.3 Å². The second-order valence-corrected chi connectivity index (χ2v) is 4.59. The van der Waals surface area contributed by atoms with E-state index in [0.29, 0.717) is 31.2 Å².